The number of ketones is 1. The molecule has 122 valence electrons. The molecule has 0 N–H and O–H groups in total. The first kappa shape index (κ1) is 15.6. The summed E-state index contributed by atoms with van der Waals surface area (Å²) in [5.74, 6) is 2.12. The molecule has 23 heavy (non-hydrogen) atoms. The molecular formula is C18H21NO4. The van der Waals surface area contributed by atoms with E-state index in [9.17, 15) is 4.79 Å². The smallest absolute Gasteiger partial charge is 0.170 e. The Morgan fingerprint density at radius 3 is 2.87 bits per heavy atom. The summed E-state index contributed by atoms with van der Waals surface area (Å²) in [6.45, 7) is 8.11. The lowest BCUT2D eigenvalue weighted by Gasteiger charge is -2.31. The van der Waals surface area contributed by atoms with Gasteiger partial charge in [-0.1, -0.05) is 12.1 Å². The number of benzene rings is 1. The summed E-state index contributed by atoms with van der Waals surface area (Å²) in [5, 5.41) is 4.02. The minimum atomic E-state index is -0.483. The van der Waals surface area contributed by atoms with Crippen LogP contribution in [0.2, 0.25) is 0 Å². The van der Waals surface area contributed by atoms with Crippen LogP contribution in [0, 0.1) is 6.92 Å². The summed E-state index contributed by atoms with van der Waals surface area (Å²) in [4.78, 5) is 12.1. The molecule has 0 bridgehead atoms. The Labute approximate surface area is 135 Å². The standard InChI is InChI=1S/C18H21NO4/c1-5-15-14(11(2)23-19-15)10-21-12-6-7-13-16(20)9-18(3,4)22-17(13)8-12/h6-8H,5,9-10H2,1-4H3. The maximum absolute atomic E-state index is 12.1. The number of hydrogen-bond donors (Lipinski definition) is 0. The van der Waals surface area contributed by atoms with E-state index >= 15 is 0 Å². The predicted octanol–water partition coefficient (Wildman–Crippen LogP) is 3.87. The third-order valence-corrected chi connectivity index (χ3v) is 4.01. The topological polar surface area (TPSA) is 61.6 Å². The van der Waals surface area contributed by atoms with E-state index in [0.717, 1.165) is 23.4 Å². The normalized spacial score (nSPS) is 15.9. The first-order valence-corrected chi connectivity index (χ1v) is 7.82. The fourth-order valence-electron chi connectivity index (χ4n) is 2.78. The third kappa shape index (κ3) is 3.09. The molecule has 3 rings (SSSR count). The average Bonchev–Trinajstić information content (AvgIpc) is 2.83. The van der Waals surface area contributed by atoms with Gasteiger partial charge in [0.15, 0.2) is 5.78 Å². The van der Waals surface area contributed by atoms with Crippen LogP contribution in [0.5, 0.6) is 11.5 Å². The number of rotatable bonds is 4. The lowest BCUT2D eigenvalue weighted by molar-refractivity contribution is 0.0618. The number of hydrogen-bond acceptors (Lipinski definition) is 5. The van der Waals surface area contributed by atoms with Crippen LogP contribution in [0.15, 0.2) is 22.7 Å². The van der Waals surface area contributed by atoms with Gasteiger partial charge in [-0.2, -0.15) is 0 Å². The lowest BCUT2D eigenvalue weighted by atomic mass is 9.93. The number of aromatic nitrogens is 1. The molecule has 0 amide bonds. The van der Waals surface area contributed by atoms with Crippen molar-refractivity contribution in [1.29, 1.82) is 0 Å². The largest absolute Gasteiger partial charge is 0.489 e. The van der Waals surface area contributed by atoms with Gasteiger partial charge in [0, 0.05) is 6.07 Å². The van der Waals surface area contributed by atoms with Crippen molar-refractivity contribution in [3.63, 3.8) is 0 Å². The maximum atomic E-state index is 12.1. The van der Waals surface area contributed by atoms with E-state index in [-0.39, 0.29) is 5.78 Å². The van der Waals surface area contributed by atoms with Gasteiger partial charge in [-0.05, 0) is 39.3 Å². The molecule has 1 aliphatic rings. The van der Waals surface area contributed by atoms with Gasteiger partial charge < -0.3 is 14.0 Å². The molecule has 1 aromatic carbocycles. The van der Waals surface area contributed by atoms with Gasteiger partial charge in [-0.3, -0.25) is 4.79 Å². The van der Waals surface area contributed by atoms with E-state index in [1.807, 2.05) is 27.7 Å². The highest BCUT2D eigenvalue weighted by molar-refractivity contribution is 6.00. The minimum absolute atomic E-state index is 0.103. The molecule has 2 aromatic rings. The zero-order valence-electron chi connectivity index (χ0n) is 13.9. The monoisotopic (exact) mass is 315 g/mol. The van der Waals surface area contributed by atoms with Crippen molar-refractivity contribution in [3.05, 3.63) is 40.8 Å². The molecule has 1 aromatic heterocycles. The van der Waals surface area contributed by atoms with Crippen LogP contribution < -0.4 is 9.47 Å². The van der Waals surface area contributed by atoms with Gasteiger partial charge in [0.05, 0.1) is 23.2 Å². The predicted molar refractivity (Wildman–Crippen MR) is 85.0 cm³/mol. The molecule has 5 heteroatoms. The Bertz CT molecular complexity index is 745. The summed E-state index contributed by atoms with van der Waals surface area (Å²) in [5.41, 5.74) is 2.02. The molecule has 0 saturated carbocycles. The van der Waals surface area contributed by atoms with E-state index in [2.05, 4.69) is 5.16 Å². The quantitative estimate of drug-likeness (QED) is 0.857. The zero-order valence-corrected chi connectivity index (χ0v) is 13.9. The number of ether oxygens (including phenoxy) is 2. The summed E-state index contributed by atoms with van der Waals surface area (Å²) in [7, 11) is 0. The van der Waals surface area contributed by atoms with Crippen LogP contribution in [0.1, 0.15) is 54.6 Å². The number of aryl methyl sites for hydroxylation is 2. The Kier molecular flexibility index (Phi) is 3.88. The van der Waals surface area contributed by atoms with Crippen molar-refractivity contribution < 1.29 is 18.8 Å². The Morgan fingerprint density at radius 1 is 1.35 bits per heavy atom. The number of fused-ring (bicyclic) bond motifs is 1. The third-order valence-electron chi connectivity index (χ3n) is 4.01. The summed E-state index contributed by atoms with van der Waals surface area (Å²) in [6.07, 6.45) is 1.19. The molecule has 0 saturated heterocycles. The molecule has 0 aliphatic carbocycles. The first-order chi connectivity index (χ1) is 10.9. The average molecular weight is 315 g/mol. The molecule has 2 heterocycles. The molecule has 0 radical (unpaired) electrons. The molecular weight excluding hydrogens is 294 g/mol. The maximum Gasteiger partial charge on any atom is 0.170 e. The first-order valence-electron chi connectivity index (χ1n) is 7.82. The van der Waals surface area contributed by atoms with Gasteiger partial charge in [0.1, 0.15) is 29.5 Å². The number of Topliss-reactive ketones (excluding diaryl/α,β-unsaturated/α-hetero) is 1. The molecule has 0 unspecified atom stereocenters. The zero-order chi connectivity index (χ0) is 16.6. The number of carbonyl (C=O) groups excluding carboxylic acids is 1. The number of carbonyl (C=O) groups is 1. The fraction of sp³-hybridized carbons (Fsp3) is 0.444. The van der Waals surface area contributed by atoms with Crippen LogP contribution in [0.3, 0.4) is 0 Å². The SMILES string of the molecule is CCc1noc(C)c1COc1ccc2c(c1)OC(C)(C)CC2=O. The van der Waals surface area contributed by atoms with Crippen LogP contribution in [0.4, 0.5) is 0 Å². The van der Waals surface area contributed by atoms with Crippen molar-refractivity contribution >= 4 is 5.78 Å². The second-order valence-corrected chi connectivity index (χ2v) is 6.43. The van der Waals surface area contributed by atoms with E-state index in [1.165, 1.54) is 0 Å². The highest BCUT2D eigenvalue weighted by atomic mass is 16.5. The summed E-state index contributed by atoms with van der Waals surface area (Å²) in [6, 6.07) is 5.35. The van der Waals surface area contributed by atoms with E-state index in [1.54, 1.807) is 18.2 Å². The Balaban J connectivity index is 1.80. The van der Waals surface area contributed by atoms with Crippen molar-refractivity contribution in [3.8, 4) is 11.5 Å². The lowest BCUT2D eigenvalue weighted by Crippen LogP contribution is -2.35. The highest BCUT2D eigenvalue weighted by Crippen LogP contribution is 2.35. The van der Waals surface area contributed by atoms with Crippen LogP contribution in [-0.2, 0) is 13.0 Å². The van der Waals surface area contributed by atoms with Crippen molar-refractivity contribution in [2.24, 2.45) is 0 Å². The second-order valence-electron chi connectivity index (χ2n) is 6.43. The van der Waals surface area contributed by atoms with E-state index in [0.29, 0.717) is 30.1 Å². The summed E-state index contributed by atoms with van der Waals surface area (Å²) >= 11 is 0. The molecule has 5 nitrogen and oxygen atoms in total. The Morgan fingerprint density at radius 2 is 2.13 bits per heavy atom. The van der Waals surface area contributed by atoms with Gasteiger partial charge in [0.2, 0.25) is 0 Å². The van der Waals surface area contributed by atoms with Crippen molar-refractivity contribution in [1.82, 2.24) is 5.16 Å². The van der Waals surface area contributed by atoms with Gasteiger partial charge >= 0.3 is 0 Å². The molecule has 0 atom stereocenters. The fourth-order valence-corrected chi connectivity index (χ4v) is 2.78. The van der Waals surface area contributed by atoms with Crippen molar-refractivity contribution in [2.45, 2.75) is 52.7 Å². The molecule has 1 aliphatic heterocycles. The minimum Gasteiger partial charge on any atom is -0.489 e. The highest BCUT2D eigenvalue weighted by Gasteiger charge is 2.32. The molecule has 0 spiro atoms. The van der Waals surface area contributed by atoms with Crippen molar-refractivity contribution in [2.75, 3.05) is 0 Å². The Hall–Kier alpha value is -2.30. The van der Waals surface area contributed by atoms with Crippen LogP contribution in [0.25, 0.3) is 0 Å². The van der Waals surface area contributed by atoms with Crippen LogP contribution >= 0.6 is 0 Å². The van der Waals surface area contributed by atoms with E-state index < -0.39 is 5.60 Å². The van der Waals surface area contributed by atoms with E-state index in [4.69, 9.17) is 14.0 Å². The van der Waals surface area contributed by atoms with Gasteiger partial charge in [-0.15, -0.1) is 0 Å². The van der Waals surface area contributed by atoms with Crippen LogP contribution in [-0.4, -0.2) is 16.5 Å². The number of nitrogens with zero attached hydrogens (tertiary/aromatic N) is 1. The van der Waals surface area contributed by atoms with Gasteiger partial charge in [-0.25, -0.2) is 0 Å². The molecule has 0 fully saturated rings. The second kappa shape index (κ2) is 5.72. The summed E-state index contributed by atoms with van der Waals surface area (Å²) < 4.78 is 17.0. The van der Waals surface area contributed by atoms with Gasteiger partial charge in [0.25, 0.3) is 0 Å².